The number of allylic oxidation sites excluding steroid dienone is 1. The van der Waals surface area contributed by atoms with Crippen molar-refractivity contribution in [3.63, 3.8) is 0 Å². The van der Waals surface area contributed by atoms with E-state index in [4.69, 9.17) is 41.4 Å². The van der Waals surface area contributed by atoms with Gasteiger partial charge in [0.1, 0.15) is 0 Å². The van der Waals surface area contributed by atoms with Crippen molar-refractivity contribution in [2.45, 2.75) is 10.7 Å². The van der Waals surface area contributed by atoms with Gasteiger partial charge in [-0.1, -0.05) is 34.8 Å². The van der Waals surface area contributed by atoms with Crippen LogP contribution < -0.4 is 0 Å². The van der Waals surface area contributed by atoms with Crippen molar-refractivity contribution in [1.29, 1.82) is 0 Å². The monoisotopic (exact) mass is 321 g/mol. The minimum atomic E-state index is -2.20. The molecule has 0 aromatic heterocycles. The first-order valence-corrected chi connectivity index (χ1v) is 4.53. The molecule has 0 heterocycles. The van der Waals surface area contributed by atoms with Crippen molar-refractivity contribution in [1.82, 2.24) is 0 Å². The summed E-state index contributed by atoms with van der Waals surface area (Å²) in [7, 11) is 0. The molecule has 0 aromatic rings. The first kappa shape index (κ1) is 17.4. The zero-order valence-electron chi connectivity index (χ0n) is 7.76. The Balaban J connectivity index is 0. The summed E-state index contributed by atoms with van der Waals surface area (Å²) < 4.78 is 2.26. The Bertz CT molecular complexity index is 306. The molecule has 0 unspecified atom stereocenters. The van der Waals surface area contributed by atoms with Crippen LogP contribution in [0.2, 0.25) is 0 Å². The second-order valence-corrected chi connectivity index (χ2v) is 4.31. The molecule has 8 heteroatoms. The van der Waals surface area contributed by atoms with Crippen LogP contribution in [0, 0.1) is 6.57 Å². The fourth-order valence-electron chi connectivity index (χ4n) is 0.529. The molecule has 0 aliphatic rings. The number of hydrogen-bond acceptors (Lipinski definition) is 3. The van der Waals surface area contributed by atoms with E-state index in [1.807, 2.05) is 0 Å². The van der Waals surface area contributed by atoms with E-state index in [1.54, 1.807) is 6.92 Å². The van der Waals surface area contributed by atoms with Gasteiger partial charge in [0.2, 0.25) is 3.79 Å². The normalized spacial score (nSPS) is 11.9. The molecule has 0 saturated carbocycles. The molecule has 0 aliphatic heterocycles. The topological polar surface area (TPSA) is 50.9 Å². The Hall–Kier alpha value is -0.00662. The number of alkyl halides is 3. The summed E-state index contributed by atoms with van der Waals surface area (Å²) in [4.78, 5) is 13.8. The van der Waals surface area contributed by atoms with Crippen molar-refractivity contribution in [2.24, 2.45) is 0 Å². The smallest absolute Gasteiger partial charge is 0.339 e. The van der Waals surface area contributed by atoms with Gasteiger partial charge in [-0.05, 0) is 6.92 Å². The number of ether oxygens (including phenoxy) is 1. The third kappa shape index (κ3) is 5.58. The Morgan fingerprint density at radius 2 is 2.00 bits per heavy atom. The summed E-state index contributed by atoms with van der Waals surface area (Å²) in [6.07, 6.45) is 0. The van der Waals surface area contributed by atoms with Crippen LogP contribution in [-0.2, 0) is 29.0 Å². The van der Waals surface area contributed by atoms with Crippen LogP contribution in [0.25, 0.3) is 4.85 Å². The maximum Gasteiger partial charge on any atom is 0.339 e. The van der Waals surface area contributed by atoms with Crippen LogP contribution in [0.1, 0.15) is 6.92 Å². The van der Waals surface area contributed by atoms with Gasteiger partial charge in [0.05, 0.1) is 13.2 Å². The molecule has 0 amide bonds. The molecule has 1 N–H and O–H groups in total. The van der Waals surface area contributed by atoms with Crippen LogP contribution in [0.15, 0.2) is 11.5 Å². The van der Waals surface area contributed by atoms with E-state index < -0.39 is 21.2 Å². The zero-order valence-corrected chi connectivity index (χ0v) is 13.0. The van der Waals surface area contributed by atoms with Crippen molar-refractivity contribution < 1.29 is 34.1 Å². The molecule has 0 radical (unpaired) electrons. The minimum absolute atomic E-state index is 0. The molecule has 0 rings (SSSR count). The Kier molecular flexibility index (Phi) is 8.46. The summed E-state index contributed by atoms with van der Waals surface area (Å²) in [6, 6.07) is 0. The van der Waals surface area contributed by atoms with Gasteiger partial charge in [0.15, 0.2) is 5.76 Å². The number of hydrogen-bond donors (Lipinski definition) is 1. The maximum atomic E-state index is 11.0. The SMILES string of the molecule is [C-]#[N+]/C(C(=O)OCC)=C(/O)C(Cl)(Cl)Cl.[Zn]. The Morgan fingerprint density at radius 1 is 1.53 bits per heavy atom. The molecule has 15 heavy (non-hydrogen) atoms. The molecule has 80 valence electrons. The summed E-state index contributed by atoms with van der Waals surface area (Å²) in [6.45, 7) is 8.22. The Labute approximate surface area is 115 Å². The third-order valence-electron chi connectivity index (χ3n) is 1.07. The van der Waals surface area contributed by atoms with Crippen LogP contribution >= 0.6 is 34.8 Å². The van der Waals surface area contributed by atoms with Crippen LogP contribution in [0.4, 0.5) is 0 Å². The number of nitrogens with zero attached hydrogens (tertiary/aromatic N) is 1. The van der Waals surface area contributed by atoms with Gasteiger partial charge in [-0.15, -0.1) is 0 Å². The fraction of sp³-hybridized carbons (Fsp3) is 0.429. The van der Waals surface area contributed by atoms with E-state index in [0.717, 1.165) is 0 Å². The van der Waals surface area contributed by atoms with E-state index >= 15 is 0 Å². The number of carbonyl (C=O) groups is 1. The Morgan fingerprint density at radius 3 is 2.27 bits per heavy atom. The molecule has 4 nitrogen and oxygen atoms in total. The van der Waals surface area contributed by atoms with Gasteiger partial charge in [-0.2, -0.15) is 0 Å². The van der Waals surface area contributed by atoms with Crippen molar-refractivity contribution in [2.75, 3.05) is 6.61 Å². The second-order valence-electron chi connectivity index (χ2n) is 2.03. The molecule has 0 fully saturated rings. The average Bonchev–Trinajstić information content (AvgIpc) is 2.04. The van der Waals surface area contributed by atoms with Crippen LogP contribution in [0.5, 0.6) is 0 Å². The number of rotatable bonds is 2. The summed E-state index contributed by atoms with van der Waals surface area (Å²) in [5, 5.41) is 9.21. The van der Waals surface area contributed by atoms with Gasteiger partial charge in [-0.3, -0.25) is 4.79 Å². The predicted octanol–water partition coefficient (Wildman–Crippen LogP) is 2.61. The van der Waals surface area contributed by atoms with Crippen molar-refractivity contribution in [3.05, 3.63) is 22.9 Å². The molecular weight excluding hydrogens is 318 g/mol. The number of halogens is 3. The summed E-state index contributed by atoms with van der Waals surface area (Å²) in [5.41, 5.74) is -0.730. The number of aliphatic hydroxyl groups is 1. The molecule has 0 aliphatic carbocycles. The second kappa shape index (κ2) is 7.30. The average molecular weight is 324 g/mol. The van der Waals surface area contributed by atoms with Crippen LogP contribution in [0.3, 0.4) is 0 Å². The van der Waals surface area contributed by atoms with E-state index in [-0.39, 0.29) is 26.1 Å². The number of aliphatic hydroxyl groups excluding tert-OH is 1. The van der Waals surface area contributed by atoms with E-state index in [0.29, 0.717) is 0 Å². The van der Waals surface area contributed by atoms with Gasteiger partial charge in [0.25, 0.3) is 0 Å². The maximum absolute atomic E-state index is 11.0. The van der Waals surface area contributed by atoms with Gasteiger partial charge in [-0.25, -0.2) is 4.85 Å². The molecule has 0 bridgehead atoms. The van der Waals surface area contributed by atoms with Crippen molar-refractivity contribution in [3.8, 4) is 0 Å². The third-order valence-corrected chi connectivity index (χ3v) is 1.61. The van der Waals surface area contributed by atoms with E-state index in [2.05, 4.69) is 9.58 Å². The molecule has 0 atom stereocenters. The van der Waals surface area contributed by atoms with E-state index in [1.165, 1.54) is 0 Å². The van der Waals surface area contributed by atoms with Crippen LogP contribution in [-0.4, -0.2) is 21.5 Å². The van der Waals surface area contributed by atoms with E-state index in [9.17, 15) is 9.90 Å². The fourth-order valence-corrected chi connectivity index (χ4v) is 0.797. The standard InChI is InChI=1S/C7H6Cl3NO3.Zn/c1-3-14-6(13)4(11-2)5(12)7(8,9)10;/h12H,3H2,1H3;/b5-4+;. The summed E-state index contributed by atoms with van der Waals surface area (Å²) >= 11 is 15.8. The van der Waals surface area contributed by atoms with Gasteiger partial charge in [0, 0.05) is 19.5 Å². The quantitative estimate of drug-likeness (QED) is 0.212. The molecule has 0 aromatic carbocycles. The minimum Gasteiger partial charge on any atom is -0.519 e. The number of carbonyl (C=O) groups excluding carboxylic acids is 1. The van der Waals surface area contributed by atoms with Gasteiger partial charge < -0.3 is 9.84 Å². The molecular formula is C7H6Cl3NO3Zn. The predicted molar refractivity (Wildman–Crippen MR) is 53.2 cm³/mol. The molecule has 0 saturated heterocycles. The molecule has 0 spiro atoms. The van der Waals surface area contributed by atoms with Crippen molar-refractivity contribution >= 4 is 40.8 Å². The van der Waals surface area contributed by atoms with Gasteiger partial charge >= 0.3 is 11.7 Å². The summed E-state index contributed by atoms with van der Waals surface area (Å²) in [5.74, 6) is -1.96. The largest absolute Gasteiger partial charge is 0.519 e. The number of esters is 1. The first-order valence-electron chi connectivity index (χ1n) is 3.39. The zero-order chi connectivity index (χ0) is 11.4. The first-order chi connectivity index (χ1) is 6.34.